The third-order valence-corrected chi connectivity index (χ3v) is 1.84. The van der Waals surface area contributed by atoms with Gasteiger partial charge in [0.15, 0.2) is 6.04 Å². The van der Waals surface area contributed by atoms with Gasteiger partial charge in [0, 0.05) is 5.69 Å². The second-order valence-corrected chi connectivity index (χ2v) is 3.00. The minimum Gasteiger partial charge on any atom is -0.347 e. The van der Waals surface area contributed by atoms with Crippen LogP contribution in [0.2, 0.25) is 0 Å². The van der Waals surface area contributed by atoms with Crippen LogP contribution in [0.25, 0.3) is 0 Å². The van der Waals surface area contributed by atoms with Crippen molar-refractivity contribution < 1.29 is 10.2 Å². The lowest BCUT2D eigenvalue weighted by atomic mass is 10.2. The van der Waals surface area contributed by atoms with Crippen molar-refractivity contribution in [3.8, 4) is 0 Å². The molecule has 0 bridgehead atoms. The number of hydrogen-bond acceptors (Lipinski definition) is 5. The molecule has 5 heteroatoms. The zero-order chi connectivity index (χ0) is 10.6. The lowest BCUT2D eigenvalue weighted by molar-refractivity contribution is -0.148. The Kier molecular flexibility index (Phi) is 3.16. The molecule has 1 rings (SSSR count). The fraction of sp³-hybridized carbons (Fsp3) is 0.333. The maximum absolute atomic E-state index is 10.1. The van der Waals surface area contributed by atoms with E-state index < -0.39 is 12.0 Å². The normalized spacial score (nSPS) is 13.4. The zero-order valence-corrected chi connectivity index (χ0v) is 7.71. The second-order valence-electron chi connectivity index (χ2n) is 3.00. The Hall–Kier alpha value is -1.46. The van der Waals surface area contributed by atoms with E-state index >= 15 is 0 Å². The number of nitrogens with one attached hydrogen (secondary N) is 1. The molecule has 0 spiro atoms. The molecule has 3 N–H and O–H groups in total. The Balaban J connectivity index is 2.73. The first-order valence-electron chi connectivity index (χ1n) is 4.16. The summed E-state index contributed by atoms with van der Waals surface area (Å²) in [4.78, 5) is 10.1. The Morgan fingerprint density at radius 2 is 1.93 bits per heavy atom. The molecule has 0 aliphatic heterocycles. The molecule has 0 saturated carbocycles. The molecular weight excluding hydrogens is 184 g/mol. The van der Waals surface area contributed by atoms with E-state index in [-0.39, 0.29) is 0 Å². The molecule has 5 nitrogen and oxygen atoms in total. The summed E-state index contributed by atoms with van der Waals surface area (Å²) in [6.07, 6.45) is 0. The number of hydrogen-bond donors (Lipinski definition) is 3. The fourth-order valence-electron chi connectivity index (χ4n) is 0.912. The van der Waals surface area contributed by atoms with Crippen LogP contribution in [0.4, 0.5) is 5.69 Å². The average Bonchev–Trinajstić information content (AvgIpc) is 2.17. The van der Waals surface area contributed by atoms with Gasteiger partial charge in [0.25, 0.3) is 5.91 Å². The van der Waals surface area contributed by atoms with E-state index in [0.29, 0.717) is 5.69 Å². The number of benzene rings is 1. The fourth-order valence-corrected chi connectivity index (χ4v) is 0.912. The van der Waals surface area contributed by atoms with Crippen molar-refractivity contribution in [1.29, 1.82) is 0 Å². The maximum atomic E-state index is 10.1. The maximum Gasteiger partial charge on any atom is 0.271 e. The van der Waals surface area contributed by atoms with Crippen molar-refractivity contribution in [2.24, 2.45) is 5.18 Å². The molecule has 1 atom stereocenters. The zero-order valence-electron chi connectivity index (χ0n) is 7.71. The third kappa shape index (κ3) is 2.51. The molecule has 0 amide bonds. The van der Waals surface area contributed by atoms with E-state index in [2.05, 4.69) is 10.5 Å². The molecule has 0 heterocycles. The Labute approximate surface area is 81.4 Å². The molecule has 76 valence electrons. The van der Waals surface area contributed by atoms with Gasteiger partial charge in [-0.15, -0.1) is 0 Å². The molecule has 0 saturated heterocycles. The molecule has 1 aromatic carbocycles. The molecule has 0 fully saturated rings. The van der Waals surface area contributed by atoms with E-state index in [1.165, 1.54) is 6.92 Å². The molecule has 14 heavy (non-hydrogen) atoms. The van der Waals surface area contributed by atoms with Crippen LogP contribution in [0.5, 0.6) is 0 Å². The largest absolute Gasteiger partial charge is 0.347 e. The highest BCUT2D eigenvalue weighted by molar-refractivity contribution is 5.43. The Morgan fingerprint density at radius 1 is 1.36 bits per heavy atom. The van der Waals surface area contributed by atoms with Gasteiger partial charge in [-0.25, -0.2) is 0 Å². The molecule has 0 aromatic heterocycles. The first-order chi connectivity index (χ1) is 6.56. The predicted octanol–water partition coefficient (Wildman–Crippen LogP) is 0.892. The van der Waals surface area contributed by atoms with Crippen LogP contribution in [0.15, 0.2) is 35.5 Å². The van der Waals surface area contributed by atoms with E-state index in [9.17, 15) is 15.1 Å². The van der Waals surface area contributed by atoms with Crippen LogP contribution < -0.4 is 5.32 Å². The van der Waals surface area contributed by atoms with Crippen molar-refractivity contribution in [2.75, 3.05) is 5.32 Å². The van der Waals surface area contributed by atoms with Crippen molar-refractivity contribution in [3.05, 3.63) is 35.2 Å². The topological polar surface area (TPSA) is 81.9 Å². The highest BCUT2D eigenvalue weighted by Crippen LogP contribution is 2.15. The first kappa shape index (κ1) is 10.6. The van der Waals surface area contributed by atoms with Gasteiger partial charge >= 0.3 is 0 Å². The van der Waals surface area contributed by atoms with Crippen LogP contribution in [0.3, 0.4) is 0 Å². The summed E-state index contributed by atoms with van der Waals surface area (Å²) < 4.78 is 0. The van der Waals surface area contributed by atoms with Gasteiger partial charge in [0.2, 0.25) is 0 Å². The molecule has 0 aliphatic carbocycles. The smallest absolute Gasteiger partial charge is 0.271 e. The summed E-state index contributed by atoms with van der Waals surface area (Å²) in [5.41, 5.74) is 0.507. The second kappa shape index (κ2) is 4.17. The molecule has 1 unspecified atom stereocenters. The van der Waals surface area contributed by atoms with Crippen LogP contribution in [0, 0.1) is 4.91 Å². The monoisotopic (exact) mass is 196 g/mol. The summed E-state index contributed by atoms with van der Waals surface area (Å²) in [5, 5.41) is 23.7. The van der Waals surface area contributed by atoms with Crippen LogP contribution in [-0.2, 0) is 0 Å². The number of nitroso groups, excluding NO2 is 1. The average molecular weight is 196 g/mol. The Morgan fingerprint density at radius 3 is 2.43 bits per heavy atom. The van der Waals surface area contributed by atoms with Gasteiger partial charge in [0.05, 0.1) is 0 Å². The van der Waals surface area contributed by atoms with Gasteiger partial charge < -0.3 is 15.5 Å². The summed E-state index contributed by atoms with van der Waals surface area (Å²) in [6, 6.07) is 7.41. The highest BCUT2D eigenvalue weighted by Gasteiger charge is 2.32. The minimum absolute atomic E-state index is 0.507. The lowest BCUT2D eigenvalue weighted by Crippen LogP contribution is -2.46. The predicted molar refractivity (Wildman–Crippen MR) is 52.5 cm³/mol. The number of rotatable bonds is 4. The van der Waals surface area contributed by atoms with E-state index in [0.717, 1.165) is 0 Å². The Bertz CT molecular complexity index is 300. The minimum atomic E-state index is -2.32. The number of anilines is 1. The molecule has 1 aromatic rings. The first-order valence-corrected chi connectivity index (χ1v) is 4.16. The van der Waals surface area contributed by atoms with Crippen molar-refractivity contribution in [2.45, 2.75) is 18.9 Å². The summed E-state index contributed by atoms with van der Waals surface area (Å²) in [7, 11) is 0. The molecule has 0 aliphatic rings. The van der Waals surface area contributed by atoms with E-state index in [4.69, 9.17) is 0 Å². The van der Waals surface area contributed by atoms with Crippen LogP contribution >= 0.6 is 0 Å². The van der Waals surface area contributed by atoms with Gasteiger partial charge in [-0.2, -0.15) is 4.91 Å². The van der Waals surface area contributed by atoms with Gasteiger partial charge in [0.1, 0.15) is 0 Å². The van der Waals surface area contributed by atoms with Crippen molar-refractivity contribution in [3.63, 3.8) is 0 Å². The number of aliphatic hydroxyl groups is 2. The highest BCUT2D eigenvalue weighted by atomic mass is 16.5. The van der Waals surface area contributed by atoms with Gasteiger partial charge in [-0.05, 0) is 19.1 Å². The summed E-state index contributed by atoms with van der Waals surface area (Å²) >= 11 is 0. The van der Waals surface area contributed by atoms with Crippen LogP contribution in [-0.4, -0.2) is 22.2 Å². The van der Waals surface area contributed by atoms with Crippen molar-refractivity contribution >= 4 is 5.69 Å². The third-order valence-electron chi connectivity index (χ3n) is 1.84. The number of para-hydroxylation sites is 1. The SMILES string of the molecule is CC(N=O)C(O)(O)Nc1ccccc1. The molecule has 0 radical (unpaired) electrons. The van der Waals surface area contributed by atoms with Crippen LogP contribution in [0.1, 0.15) is 6.92 Å². The molecular formula is C9H12N2O3. The van der Waals surface area contributed by atoms with E-state index in [1.807, 2.05) is 0 Å². The summed E-state index contributed by atoms with van der Waals surface area (Å²) in [6.45, 7) is 1.31. The van der Waals surface area contributed by atoms with Gasteiger partial charge in [-0.3, -0.25) is 0 Å². The quantitative estimate of drug-likeness (QED) is 0.493. The lowest BCUT2D eigenvalue weighted by Gasteiger charge is -2.25. The van der Waals surface area contributed by atoms with Gasteiger partial charge in [-0.1, -0.05) is 23.4 Å². The van der Waals surface area contributed by atoms with E-state index in [1.54, 1.807) is 30.3 Å². The standard InChI is InChI=1S/C9H12N2O3/c1-7(11-14)9(12,13)10-8-5-3-2-4-6-8/h2-7,10,12-13H,1H3. The number of nitrogens with zero attached hydrogens (tertiary/aromatic N) is 1. The summed E-state index contributed by atoms with van der Waals surface area (Å²) in [5.74, 6) is -2.32. The van der Waals surface area contributed by atoms with Crippen molar-refractivity contribution in [1.82, 2.24) is 0 Å².